The molecule has 90 valence electrons. The van der Waals surface area contributed by atoms with Crippen molar-refractivity contribution in [2.24, 2.45) is 0 Å². The van der Waals surface area contributed by atoms with Crippen LogP contribution in [0.1, 0.15) is 32.2 Å². The average molecular weight is 232 g/mol. The Labute approximate surface area is 99.7 Å². The largest absolute Gasteiger partial charge is 0.472 e. The van der Waals surface area contributed by atoms with Crippen LogP contribution in [-0.2, 0) is 5.41 Å². The minimum Gasteiger partial charge on any atom is -0.472 e. The van der Waals surface area contributed by atoms with E-state index >= 15 is 0 Å². The van der Waals surface area contributed by atoms with Crippen molar-refractivity contribution in [3.63, 3.8) is 0 Å². The van der Waals surface area contributed by atoms with Gasteiger partial charge in [-0.1, -0.05) is 20.8 Å². The zero-order valence-electron chi connectivity index (χ0n) is 10.5. The van der Waals surface area contributed by atoms with E-state index < -0.39 is 0 Å². The molecule has 1 N–H and O–H groups in total. The molecule has 0 saturated heterocycles. The van der Waals surface area contributed by atoms with Gasteiger partial charge >= 0.3 is 0 Å². The second-order valence-corrected chi connectivity index (χ2v) is 5.15. The predicted molar refractivity (Wildman–Crippen MR) is 66.0 cm³/mol. The fourth-order valence-corrected chi connectivity index (χ4v) is 1.57. The van der Waals surface area contributed by atoms with E-state index in [2.05, 4.69) is 9.97 Å². The molecule has 0 spiro atoms. The first-order chi connectivity index (χ1) is 7.89. The molecule has 0 aliphatic heterocycles. The molecule has 0 radical (unpaired) electrons. The van der Waals surface area contributed by atoms with E-state index in [-0.39, 0.29) is 11.0 Å². The van der Waals surface area contributed by atoms with Crippen LogP contribution in [0.5, 0.6) is 0 Å². The third-order valence-corrected chi connectivity index (χ3v) is 2.66. The van der Waals surface area contributed by atoms with Crippen molar-refractivity contribution in [1.29, 1.82) is 0 Å². The molecule has 0 unspecified atom stereocenters. The quantitative estimate of drug-likeness (QED) is 0.822. The van der Waals surface area contributed by atoms with Gasteiger partial charge in [-0.05, 0) is 13.0 Å². The summed E-state index contributed by atoms with van der Waals surface area (Å²) in [7, 11) is 0. The van der Waals surface area contributed by atoms with Crippen molar-refractivity contribution in [2.75, 3.05) is 0 Å². The van der Waals surface area contributed by atoms with Crippen LogP contribution in [0, 0.1) is 6.92 Å². The van der Waals surface area contributed by atoms with E-state index in [0.717, 1.165) is 5.56 Å². The van der Waals surface area contributed by atoms with Gasteiger partial charge in [0.05, 0.1) is 18.2 Å². The van der Waals surface area contributed by atoms with Crippen LogP contribution in [0.25, 0.3) is 11.3 Å². The van der Waals surface area contributed by atoms with Crippen molar-refractivity contribution >= 4 is 0 Å². The van der Waals surface area contributed by atoms with Gasteiger partial charge in [0.2, 0.25) is 0 Å². The molecule has 2 aromatic heterocycles. The molecule has 2 heterocycles. The molecule has 0 aliphatic carbocycles. The van der Waals surface area contributed by atoms with Crippen LogP contribution in [-0.4, -0.2) is 9.97 Å². The fourth-order valence-electron chi connectivity index (χ4n) is 1.57. The highest BCUT2D eigenvalue weighted by molar-refractivity contribution is 5.60. The Bertz CT molecular complexity index is 574. The van der Waals surface area contributed by atoms with Gasteiger partial charge in [-0.2, -0.15) is 0 Å². The summed E-state index contributed by atoms with van der Waals surface area (Å²) < 4.78 is 5.04. The minimum atomic E-state index is -0.189. The van der Waals surface area contributed by atoms with Crippen LogP contribution in [0.15, 0.2) is 27.8 Å². The maximum Gasteiger partial charge on any atom is 0.254 e. The molecular formula is C13H16N2O2. The van der Waals surface area contributed by atoms with Crippen molar-refractivity contribution in [3.8, 4) is 11.3 Å². The molecular weight excluding hydrogens is 216 g/mol. The Balaban J connectivity index is 2.68. The lowest BCUT2D eigenvalue weighted by Gasteiger charge is -2.18. The zero-order chi connectivity index (χ0) is 12.6. The number of H-pyrrole nitrogens is 1. The Morgan fingerprint density at radius 3 is 2.59 bits per heavy atom. The predicted octanol–water partition coefficient (Wildman–Crippen LogP) is 2.64. The van der Waals surface area contributed by atoms with Crippen molar-refractivity contribution in [3.05, 3.63) is 40.3 Å². The highest BCUT2D eigenvalue weighted by Crippen LogP contribution is 2.23. The lowest BCUT2D eigenvalue weighted by atomic mass is 9.95. The maximum atomic E-state index is 11.9. The summed E-state index contributed by atoms with van der Waals surface area (Å²) in [4.78, 5) is 19.2. The van der Waals surface area contributed by atoms with Crippen molar-refractivity contribution < 1.29 is 4.42 Å². The second kappa shape index (κ2) is 3.87. The standard InChI is InChI=1S/C13H16N2O2/c1-8-10(9-5-6-17-7-9)14-12(13(2,3)4)15-11(8)16/h5-7H,1-4H3,(H,14,15,16). The molecule has 2 aromatic rings. The number of furan rings is 1. The molecule has 4 heteroatoms. The summed E-state index contributed by atoms with van der Waals surface area (Å²) in [5.41, 5.74) is 1.85. The highest BCUT2D eigenvalue weighted by Gasteiger charge is 2.20. The zero-order valence-corrected chi connectivity index (χ0v) is 10.5. The first-order valence-electron chi connectivity index (χ1n) is 5.53. The normalized spacial score (nSPS) is 11.8. The van der Waals surface area contributed by atoms with Gasteiger partial charge in [0.1, 0.15) is 5.82 Å². The average Bonchev–Trinajstić information content (AvgIpc) is 2.73. The number of rotatable bonds is 1. The molecule has 0 bridgehead atoms. The Morgan fingerprint density at radius 2 is 2.06 bits per heavy atom. The minimum absolute atomic E-state index is 0.0962. The van der Waals surface area contributed by atoms with Gasteiger partial charge in [0.25, 0.3) is 5.56 Å². The van der Waals surface area contributed by atoms with Crippen LogP contribution in [0.3, 0.4) is 0 Å². The number of hydrogen-bond donors (Lipinski definition) is 1. The number of nitrogens with zero attached hydrogens (tertiary/aromatic N) is 1. The second-order valence-electron chi connectivity index (χ2n) is 5.15. The summed E-state index contributed by atoms with van der Waals surface area (Å²) in [6, 6.07) is 1.81. The van der Waals surface area contributed by atoms with Gasteiger partial charge in [0, 0.05) is 16.5 Å². The SMILES string of the molecule is Cc1c(-c2ccoc2)nc(C(C)(C)C)[nH]c1=O. The lowest BCUT2D eigenvalue weighted by Crippen LogP contribution is -2.24. The Hall–Kier alpha value is -1.84. The monoisotopic (exact) mass is 232 g/mol. The molecule has 0 atom stereocenters. The first kappa shape index (κ1) is 11.6. The summed E-state index contributed by atoms with van der Waals surface area (Å²) in [6.07, 6.45) is 3.18. The number of aromatic amines is 1. The van der Waals surface area contributed by atoms with E-state index in [0.29, 0.717) is 17.1 Å². The van der Waals surface area contributed by atoms with E-state index in [1.807, 2.05) is 20.8 Å². The molecule has 2 rings (SSSR count). The first-order valence-corrected chi connectivity index (χ1v) is 5.53. The van der Waals surface area contributed by atoms with Gasteiger partial charge in [0.15, 0.2) is 0 Å². The van der Waals surface area contributed by atoms with Crippen LogP contribution >= 0.6 is 0 Å². The van der Waals surface area contributed by atoms with Gasteiger partial charge < -0.3 is 9.40 Å². The lowest BCUT2D eigenvalue weighted by molar-refractivity contribution is 0.542. The van der Waals surface area contributed by atoms with Gasteiger partial charge in [-0.15, -0.1) is 0 Å². The van der Waals surface area contributed by atoms with E-state index in [9.17, 15) is 4.79 Å². The van der Waals surface area contributed by atoms with E-state index in [4.69, 9.17) is 4.42 Å². The van der Waals surface area contributed by atoms with Crippen molar-refractivity contribution in [2.45, 2.75) is 33.1 Å². The summed E-state index contributed by atoms with van der Waals surface area (Å²) in [5, 5.41) is 0. The van der Waals surface area contributed by atoms with E-state index in [1.165, 1.54) is 0 Å². The molecule has 0 amide bonds. The molecule has 0 aromatic carbocycles. The van der Waals surface area contributed by atoms with Crippen LogP contribution < -0.4 is 5.56 Å². The molecule has 0 aliphatic rings. The summed E-state index contributed by atoms with van der Waals surface area (Å²) in [6.45, 7) is 7.81. The maximum absolute atomic E-state index is 11.9. The van der Waals surface area contributed by atoms with E-state index in [1.54, 1.807) is 25.5 Å². The summed E-state index contributed by atoms with van der Waals surface area (Å²) >= 11 is 0. The molecule has 17 heavy (non-hydrogen) atoms. The number of nitrogens with one attached hydrogen (secondary N) is 1. The topological polar surface area (TPSA) is 58.9 Å². The number of aromatic nitrogens is 2. The van der Waals surface area contributed by atoms with Gasteiger partial charge in [-0.3, -0.25) is 4.79 Å². The highest BCUT2D eigenvalue weighted by atomic mass is 16.3. The molecule has 0 saturated carbocycles. The summed E-state index contributed by atoms with van der Waals surface area (Å²) in [5.74, 6) is 0.685. The number of hydrogen-bond acceptors (Lipinski definition) is 3. The third-order valence-electron chi connectivity index (χ3n) is 2.66. The van der Waals surface area contributed by atoms with Crippen molar-refractivity contribution in [1.82, 2.24) is 9.97 Å². The molecule has 4 nitrogen and oxygen atoms in total. The van der Waals surface area contributed by atoms with Gasteiger partial charge in [-0.25, -0.2) is 4.98 Å². The fraction of sp³-hybridized carbons (Fsp3) is 0.385. The van der Waals surface area contributed by atoms with Crippen LogP contribution in [0.4, 0.5) is 0 Å². The van der Waals surface area contributed by atoms with Crippen LogP contribution in [0.2, 0.25) is 0 Å². The molecule has 0 fully saturated rings. The Kier molecular flexibility index (Phi) is 2.65. The Morgan fingerprint density at radius 1 is 1.35 bits per heavy atom. The smallest absolute Gasteiger partial charge is 0.254 e. The third kappa shape index (κ3) is 2.16.